The largest absolute Gasteiger partial charge is 0.491 e. The first kappa shape index (κ1) is 16.0. The molecule has 4 heteroatoms. The Kier molecular flexibility index (Phi) is 5.79. The van der Waals surface area contributed by atoms with Crippen LogP contribution in [0.3, 0.4) is 0 Å². The number of hydrogen-bond donors (Lipinski definition) is 2. The highest BCUT2D eigenvalue weighted by Crippen LogP contribution is 2.18. The monoisotopic (exact) mass is 305 g/mol. The molecule has 114 valence electrons. The smallest absolute Gasteiger partial charge is 0.119 e. The van der Waals surface area contributed by atoms with Crippen LogP contribution in [-0.2, 0) is 0 Å². The van der Waals surface area contributed by atoms with Gasteiger partial charge in [0, 0.05) is 17.5 Å². The summed E-state index contributed by atoms with van der Waals surface area (Å²) in [6.45, 7) is 7.05. The minimum absolute atomic E-state index is 0.251. The van der Waals surface area contributed by atoms with Gasteiger partial charge in [-0.15, -0.1) is 11.3 Å². The van der Waals surface area contributed by atoms with Crippen LogP contribution in [0.5, 0.6) is 5.75 Å². The summed E-state index contributed by atoms with van der Waals surface area (Å²) in [5, 5.41) is 15.4. The van der Waals surface area contributed by atoms with Crippen molar-refractivity contribution in [3.8, 4) is 5.75 Å². The molecule has 2 rings (SSSR count). The van der Waals surface area contributed by atoms with Crippen molar-refractivity contribution in [2.75, 3.05) is 13.2 Å². The molecule has 1 aromatic carbocycles. The van der Waals surface area contributed by atoms with Crippen LogP contribution in [0.1, 0.15) is 29.0 Å². The zero-order chi connectivity index (χ0) is 15.2. The second-order valence-corrected chi connectivity index (χ2v) is 6.34. The van der Waals surface area contributed by atoms with Crippen LogP contribution in [0.4, 0.5) is 0 Å². The van der Waals surface area contributed by atoms with E-state index in [4.69, 9.17) is 4.74 Å². The molecule has 2 unspecified atom stereocenters. The molecule has 0 aliphatic heterocycles. The lowest BCUT2D eigenvalue weighted by Crippen LogP contribution is -2.32. The van der Waals surface area contributed by atoms with E-state index in [-0.39, 0.29) is 6.04 Å². The predicted molar refractivity (Wildman–Crippen MR) is 88.2 cm³/mol. The molecule has 2 atom stereocenters. The summed E-state index contributed by atoms with van der Waals surface area (Å²) in [5.74, 6) is 0.809. The Morgan fingerprint density at radius 1 is 1.24 bits per heavy atom. The van der Waals surface area contributed by atoms with E-state index in [0.29, 0.717) is 13.2 Å². The van der Waals surface area contributed by atoms with E-state index in [1.54, 1.807) is 11.3 Å². The standard InChI is InChI=1S/C17H23NO2S/c1-12-6-7-16(9-13(12)2)20-11-15(19)10-18-14(3)17-5-4-8-21-17/h4-9,14-15,18-19H,10-11H2,1-3H3. The Labute approximate surface area is 130 Å². The molecule has 0 spiro atoms. The second kappa shape index (κ2) is 7.59. The molecule has 0 aliphatic carbocycles. The van der Waals surface area contributed by atoms with Gasteiger partial charge < -0.3 is 15.2 Å². The van der Waals surface area contributed by atoms with Crippen LogP contribution in [0.25, 0.3) is 0 Å². The molecule has 2 aromatic rings. The number of thiophene rings is 1. The first-order chi connectivity index (χ1) is 10.1. The van der Waals surface area contributed by atoms with Crippen molar-refractivity contribution in [1.29, 1.82) is 0 Å². The van der Waals surface area contributed by atoms with Gasteiger partial charge in [-0.05, 0) is 55.5 Å². The van der Waals surface area contributed by atoms with Gasteiger partial charge >= 0.3 is 0 Å². The summed E-state index contributed by atoms with van der Waals surface area (Å²) in [7, 11) is 0. The van der Waals surface area contributed by atoms with Gasteiger partial charge in [-0.1, -0.05) is 12.1 Å². The normalized spacial score (nSPS) is 13.9. The predicted octanol–water partition coefficient (Wildman–Crippen LogP) is 3.46. The number of aliphatic hydroxyl groups is 1. The van der Waals surface area contributed by atoms with E-state index in [0.717, 1.165) is 5.75 Å². The molecule has 0 amide bonds. The third-order valence-electron chi connectivity index (χ3n) is 3.55. The molecule has 21 heavy (non-hydrogen) atoms. The molecule has 1 aromatic heterocycles. The van der Waals surface area contributed by atoms with Gasteiger partial charge in [-0.2, -0.15) is 0 Å². The van der Waals surface area contributed by atoms with Crippen LogP contribution in [-0.4, -0.2) is 24.4 Å². The SMILES string of the molecule is Cc1ccc(OCC(O)CNC(C)c2cccs2)cc1C. The van der Waals surface area contributed by atoms with E-state index in [9.17, 15) is 5.11 Å². The van der Waals surface area contributed by atoms with Gasteiger partial charge in [-0.3, -0.25) is 0 Å². The van der Waals surface area contributed by atoms with E-state index in [2.05, 4.69) is 37.5 Å². The maximum atomic E-state index is 10.00. The zero-order valence-corrected chi connectivity index (χ0v) is 13.6. The molecule has 0 saturated heterocycles. The van der Waals surface area contributed by atoms with Crippen molar-refractivity contribution in [1.82, 2.24) is 5.32 Å². The number of aliphatic hydroxyl groups excluding tert-OH is 1. The summed E-state index contributed by atoms with van der Waals surface area (Å²) in [5.41, 5.74) is 2.45. The van der Waals surface area contributed by atoms with Crippen molar-refractivity contribution in [2.24, 2.45) is 0 Å². The minimum atomic E-state index is -0.519. The maximum absolute atomic E-state index is 10.00. The molecular formula is C17H23NO2S. The fourth-order valence-corrected chi connectivity index (χ4v) is 2.76. The van der Waals surface area contributed by atoms with Gasteiger partial charge in [0.1, 0.15) is 18.5 Å². The lowest BCUT2D eigenvalue weighted by atomic mass is 10.1. The van der Waals surface area contributed by atoms with Crippen molar-refractivity contribution >= 4 is 11.3 Å². The molecule has 1 heterocycles. The highest BCUT2D eigenvalue weighted by molar-refractivity contribution is 7.10. The van der Waals surface area contributed by atoms with E-state index in [1.165, 1.54) is 16.0 Å². The number of ether oxygens (including phenoxy) is 1. The van der Waals surface area contributed by atoms with Crippen molar-refractivity contribution in [2.45, 2.75) is 32.9 Å². The van der Waals surface area contributed by atoms with Gasteiger partial charge in [-0.25, -0.2) is 0 Å². The summed E-state index contributed by atoms with van der Waals surface area (Å²) in [6, 6.07) is 10.4. The number of rotatable bonds is 7. The molecule has 2 N–H and O–H groups in total. The Bertz CT molecular complexity index is 554. The van der Waals surface area contributed by atoms with Crippen LogP contribution >= 0.6 is 11.3 Å². The third kappa shape index (κ3) is 4.84. The van der Waals surface area contributed by atoms with Crippen LogP contribution < -0.4 is 10.1 Å². The quantitative estimate of drug-likeness (QED) is 0.823. The van der Waals surface area contributed by atoms with Crippen molar-refractivity contribution < 1.29 is 9.84 Å². The Morgan fingerprint density at radius 2 is 2.05 bits per heavy atom. The van der Waals surface area contributed by atoms with E-state index >= 15 is 0 Å². The minimum Gasteiger partial charge on any atom is -0.491 e. The lowest BCUT2D eigenvalue weighted by Gasteiger charge is -2.17. The molecule has 3 nitrogen and oxygen atoms in total. The molecule has 0 fully saturated rings. The third-order valence-corrected chi connectivity index (χ3v) is 4.61. The van der Waals surface area contributed by atoms with Crippen molar-refractivity contribution in [3.63, 3.8) is 0 Å². The molecule has 0 radical (unpaired) electrons. The topological polar surface area (TPSA) is 41.5 Å². The van der Waals surface area contributed by atoms with E-state index in [1.807, 2.05) is 24.3 Å². The summed E-state index contributed by atoms with van der Waals surface area (Å²) < 4.78 is 5.64. The molecule has 0 bridgehead atoms. The average molecular weight is 305 g/mol. The first-order valence-electron chi connectivity index (χ1n) is 7.21. The second-order valence-electron chi connectivity index (χ2n) is 5.36. The highest BCUT2D eigenvalue weighted by atomic mass is 32.1. The fraction of sp³-hybridized carbons (Fsp3) is 0.412. The van der Waals surface area contributed by atoms with Gasteiger partial charge in [0.15, 0.2) is 0 Å². The molecular weight excluding hydrogens is 282 g/mol. The summed E-state index contributed by atoms with van der Waals surface area (Å²) in [6.07, 6.45) is -0.519. The van der Waals surface area contributed by atoms with E-state index < -0.39 is 6.10 Å². The fourth-order valence-electron chi connectivity index (χ4n) is 2.01. The Morgan fingerprint density at radius 3 is 2.71 bits per heavy atom. The Balaban J connectivity index is 1.74. The first-order valence-corrected chi connectivity index (χ1v) is 8.09. The maximum Gasteiger partial charge on any atom is 0.119 e. The molecule has 0 aliphatic rings. The Hall–Kier alpha value is -1.36. The van der Waals surface area contributed by atoms with Gasteiger partial charge in [0.2, 0.25) is 0 Å². The summed E-state index contributed by atoms with van der Waals surface area (Å²) >= 11 is 1.72. The highest BCUT2D eigenvalue weighted by Gasteiger charge is 2.10. The van der Waals surface area contributed by atoms with Crippen LogP contribution in [0, 0.1) is 13.8 Å². The van der Waals surface area contributed by atoms with Crippen LogP contribution in [0.2, 0.25) is 0 Å². The summed E-state index contributed by atoms with van der Waals surface area (Å²) in [4.78, 5) is 1.28. The number of aryl methyl sites for hydroxylation is 2. The number of hydrogen-bond acceptors (Lipinski definition) is 4. The number of nitrogens with one attached hydrogen (secondary N) is 1. The lowest BCUT2D eigenvalue weighted by molar-refractivity contribution is 0.104. The van der Waals surface area contributed by atoms with Crippen molar-refractivity contribution in [3.05, 3.63) is 51.7 Å². The van der Waals surface area contributed by atoms with Gasteiger partial charge in [0.25, 0.3) is 0 Å². The molecule has 0 saturated carbocycles. The average Bonchev–Trinajstić information content (AvgIpc) is 3.00. The van der Waals surface area contributed by atoms with Gasteiger partial charge in [0.05, 0.1) is 0 Å². The van der Waals surface area contributed by atoms with Crippen LogP contribution in [0.15, 0.2) is 35.7 Å². The number of benzene rings is 1. The zero-order valence-electron chi connectivity index (χ0n) is 12.8.